The molecule has 0 fully saturated rings. The number of phenolic OH excluding ortho intramolecular Hbond substituents is 1. The third-order valence-electron chi connectivity index (χ3n) is 2.96. The van der Waals surface area contributed by atoms with Gasteiger partial charge in [0.2, 0.25) is 0 Å². The summed E-state index contributed by atoms with van der Waals surface area (Å²) in [5.74, 6) is 1.55. The van der Waals surface area contributed by atoms with Gasteiger partial charge in [0.05, 0.1) is 0 Å². The number of phenols is 1. The lowest BCUT2D eigenvalue weighted by molar-refractivity contribution is 0.301. The molecule has 1 heteroatoms. The van der Waals surface area contributed by atoms with Crippen LogP contribution in [0.1, 0.15) is 66.4 Å². The van der Waals surface area contributed by atoms with E-state index in [-0.39, 0.29) is 0 Å². The number of benzene rings is 1. The Morgan fingerprint density at radius 2 is 1.44 bits per heavy atom. The molecule has 0 aromatic heterocycles. The van der Waals surface area contributed by atoms with Crippen LogP contribution in [-0.2, 0) is 0 Å². The van der Waals surface area contributed by atoms with E-state index in [0.717, 1.165) is 0 Å². The van der Waals surface area contributed by atoms with Gasteiger partial charge in [-0.3, -0.25) is 0 Å². The highest BCUT2D eigenvalue weighted by Gasteiger charge is 2.22. The molecule has 18 heavy (non-hydrogen) atoms. The van der Waals surface area contributed by atoms with Crippen molar-refractivity contribution in [3.05, 3.63) is 29.8 Å². The fraction of sp³-hybridized carbons (Fsp3) is 0.647. The molecule has 0 aliphatic rings. The first-order chi connectivity index (χ1) is 8.29. The Hall–Kier alpha value is -0.980. The summed E-state index contributed by atoms with van der Waals surface area (Å²) < 4.78 is 0. The largest absolute Gasteiger partial charge is 0.508 e. The van der Waals surface area contributed by atoms with Gasteiger partial charge in [0.1, 0.15) is 5.75 Å². The minimum atomic E-state index is 0.340. The number of hydrogen-bond donors (Lipinski definition) is 1. The van der Waals surface area contributed by atoms with Gasteiger partial charge in [-0.1, -0.05) is 60.6 Å². The standard InChI is InChI=1S/C15H24O.C2H6/c1-11(2)14(10-15(3,4)5)12-6-8-13(16)9-7-12;1-2/h6-9,11,14,16H,10H2,1-5H3;1-2H3. The first kappa shape index (κ1) is 17.0. The Bertz CT molecular complexity index is 316. The van der Waals surface area contributed by atoms with Gasteiger partial charge in [-0.25, -0.2) is 0 Å². The van der Waals surface area contributed by atoms with Crippen molar-refractivity contribution in [2.24, 2.45) is 11.3 Å². The molecule has 1 atom stereocenters. The maximum absolute atomic E-state index is 9.31. The van der Waals surface area contributed by atoms with Crippen molar-refractivity contribution in [1.82, 2.24) is 0 Å². The van der Waals surface area contributed by atoms with Crippen LogP contribution in [0.5, 0.6) is 5.75 Å². The number of hydrogen-bond acceptors (Lipinski definition) is 1. The Balaban J connectivity index is 0.00000137. The Kier molecular flexibility index (Phi) is 7.05. The van der Waals surface area contributed by atoms with E-state index >= 15 is 0 Å². The molecule has 0 radical (unpaired) electrons. The van der Waals surface area contributed by atoms with Crippen LogP contribution in [0.4, 0.5) is 0 Å². The first-order valence-corrected chi connectivity index (χ1v) is 7.08. The summed E-state index contributed by atoms with van der Waals surface area (Å²) in [5.41, 5.74) is 1.68. The summed E-state index contributed by atoms with van der Waals surface area (Å²) in [6.07, 6.45) is 1.18. The summed E-state index contributed by atoms with van der Waals surface area (Å²) >= 11 is 0. The molecule has 1 aromatic rings. The molecule has 0 saturated carbocycles. The van der Waals surface area contributed by atoms with Crippen LogP contribution in [0.3, 0.4) is 0 Å². The molecule has 0 saturated heterocycles. The highest BCUT2D eigenvalue weighted by molar-refractivity contribution is 5.28. The van der Waals surface area contributed by atoms with Gasteiger partial charge < -0.3 is 5.11 Å². The van der Waals surface area contributed by atoms with Crippen molar-refractivity contribution >= 4 is 0 Å². The van der Waals surface area contributed by atoms with Crippen molar-refractivity contribution in [2.45, 2.75) is 60.8 Å². The first-order valence-electron chi connectivity index (χ1n) is 7.08. The van der Waals surface area contributed by atoms with Gasteiger partial charge in [0, 0.05) is 0 Å². The zero-order valence-electron chi connectivity index (χ0n) is 13.1. The Labute approximate surface area is 113 Å². The summed E-state index contributed by atoms with van der Waals surface area (Å²) in [6, 6.07) is 7.66. The van der Waals surface area contributed by atoms with Crippen LogP contribution in [0, 0.1) is 11.3 Å². The average molecular weight is 250 g/mol. The number of rotatable bonds is 3. The van der Waals surface area contributed by atoms with Gasteiger partial charge in [-0.15, -0.1) is 0 Å². The van der Waals surface area contributed by atoms with E-state index in [0.29, 0.717) is 23.0 Å². The molecule has 1 nitrogen and oxygen atoms in total. The topological polar surface area (TPSA) is 20.2 Å². The van der Waals surface area contributed by atoms with Crippen molar-refractivity contribution in [2.75, 3.05) is 0 Å². The molecule has 0 spiro atoms. The monoisotopic (exact) mass is 250 g/mol. The molecule has 0 amide bonds. The fourth-order valence-electron chi connectivity index (χ4n) is 2.12. The van der Waals surface area contributed by atoms with E-state index < -0.39 is 0 Å². The lowest BCUT2D eigenvalue weighted by Crippen LogP contribution is -2.16. The van der Waals surface area contributed by atoms with E-state index in [1.54, 1.807) is 12.1 Å². The summed E-state index contributed by atoms with van der Waals surface area (Å²) in [7, 11) is 0. The third kappa shape index (κ3) is 6.09. The van der Waals surface area contributed by atoms with Crippen molar-refractivity contribution in [3.8, 4) is 5.75 Å². The van der Waals surface area contributed by atoms with Gasteiger partial charge in [0.15, 0.2) is 0 Å². The third-order valence-corrected chi connectivity index (χ3v) is 2.96. The smallest absolute Gasteiger partial charge is 0.115 e. The quantitative estimate of drug-likeness (QED) is 0.741. The van der Waals surface area contributed by atoms with Gasteiger partial charge in [-0.05, 0) is 41.4 Å². The molecular weight excluding hydrogens is 220 g/mol. The van der Waals surface area contributed by atoms with E-state index in [1.165, 1.54) is 12.0 Å². The zero-order valence-corrected chi connectivity index (χ0v) is 13.1. The maximum Gasteiger partial charge on any atom is 0.115 e. The predicted octanol–water partition coefficient (Wildman–Crippen LogP) is 5.59. The van der Waals surface area contributed by atoms with Crippen molar-refractivity contribution in [1.29, 1.82) is 0 Å². The molecule has 1 aromatic carbocycles. The minimum Gasteiger partial charge on any atom is -0.508 e. The highest BCUT2D eigenvalue weighted by atomic mass is 16.3. The predicted molar refractivity (Wildman–Crippen MR) is 81.1 cm³/mol. The van der Waals surface area contributed by atoms with Crippen LogP contribution >= 0.6 is 0 Å². The van der Waals surface area contributed by atoms with Crippen LogP contribution in [0.25, 0.3) is 0 Å². The maximum atomic E-state index is 9.31. The highest BCUT2D eigenvalue weighted by Crippen LogP contribution is 2.36. The molecule has 0 aliphatic carbocycles. The van der Waals surface area contributed by atoms with Crippen molar-refractivity contribution in [3.63, 3.8) is 0 Å². The molecule has 0 heterocycles. The average Bonchev–Trinajstić information content (AvgIpc) is 2.28. The Morgan fingerprint density at radius 3 is 1.78 bits per heavy atom. The molecule has 1 rings (SSSR count). The molecule has 1 unspecified atom stereocenters. The van der Waals surface area contributed by atoms with Gasteiger partial charge >= 0.3 is 0 Å². The second-order valence-electron chi connectivity index (χ2n) is 6.21. The lowest BCUT2D eigenvalue weighted by Gasteiger charge is -2.29. The summed E-state index contributed by atoms with van der Waals surface area (Å²) in [6.45, 7) is 15.4. The molecule has 1 N–H and O–H groups in total. The van der Waals surface area contributed by atoms with Gasteiger partial charge in [0.25, 0.3) is 0 Å². The van der Waals surface area contributed by atoms with E-state index in [1.807, 2.05) is 26.0 Å². The summed E-state index contributed by atoms with van der Waals surface area (Å²) in [5, 5.41) is 9.31. The zero-order chi connectivity index (χ0) is 14.3. The van der Waals surface area contributed by atoms with E-state index in [9.17, 15) is 5.11 Å². The normalized spacial score (nSPS) is 12.9. The molecule has 0 bridgehead atoms. The minimum absolute atomic E-state index is 0.340. The van der Waals surface area contributed by atoms with E-state index in [2.05, 4.69) is 34.6 Å². The number of aromatic hydroxyl groups is 1. The molecule has 104 valence electrons. The SMILES string of the molecule is CC.CC(C)C(CC(C)(C)C)c1ccc(O)cc1. The second kappa shape index (κ2) is 7.45. The summed E-state index contributed by atoms with van der Waals surface area (Å²) in [4.78, 5) is 0. The molecular formula is C17H30O. The molecule has 0 aliphatic heterocycles. The van der Waals surface area contributed by atoms with Gasteiger partial charge in [-0.2, -0.15) is 0 Å². The van der Waals surface area contributed by atoms with E-state index in [4.69, 9.17) is 0 Å². The lowest BCUT2D eigenvalue weighted by atomic mass is 9.76. The van der Waals surface area contributed by atoms with Crippen LogP contribution < -0.4 is 0 Å². The fourth-order valence-corrected chi connectivity index (χ4v) is 2.12. The van der Waals surface area contributed by atoms with Crippen LogP contribution in [0.2, 0.25) is 0 Å². The second-order valence-corrected chi connectivity index (χ2v) is 6.21. The van der Waals surface area contributed by atoms with Crippen LogP contribution in [-0.4, -0.2) is 5.11 Å². The van der Waals surface area contributed by atoms with Crippen LogP contribution in [0.15, 0.2) is 24.3 Å². The van der Waals surface area contributed by atoms with Crippen molar-refractivity contribution < 1.29 is 5.11 Å². The Morgan fingerprint density at radius 1 is 1.00 bits per heavy atom.